The maximum atomic E-state index is 12.4. The first-order valence-corrected chi connectivity index (χ1v) is 9.16. The first kappa shape index (κ1) is 18.4. The summed E-state index contributed by atoms with van der Waals surface area (Å²) in [6.07, 6.45) is 0.947. The Labute approximate surface area is 144 Å². The highest BCUT2D eigenvalue weighted by atomic mass is 79.9. The van der Waals surface area contributed by atoms with Crippen LogP contribution in [0.25, 0.3) is 0 Å². The van der Waals surface area contributed by atoms with Crippen LogP contribution in [0.1, 0.15) is 16.1 Å². The first-order chi connectivity index (χ1) is 11.2. The Morgan fingerprint density at radius 3 is 2.62 bits per heavy atom. The van der Waals surface area contributed by atoms with Gasteiger partial charge in [-0.2, -0.15) is 8.78 Å². The lowest BCUT2D eigenvalue weighted by atomic mass is 10.2. The Balaban J connectivity index is 2.11. The Morgan fingerprint density at radius 1 is 1.33 bits per heavy atom. The van der Waals surface area contributed by atoms with Gasteiger partial charge in [-0.1, -0.05) is 15.9 Å². The molecule has 0 aliphatic carbocycles. The molecule has 0 aliphatic heterocycles. The third kappa shape index (κ3) is 4.78. The molecule has 1 aromatic heterocycles. The molecule has 0 fully saturated rings. The number of rotatable bonds is 6. The van der Waals surface area contributed by atoms with Crippen LogP contribution in [0.3, 0.4) is 0 Å². The lowest BCUT2D eigenvalue weighted by Gasteiger charge is -2.11. The predicted octanol–water partition coefficient (Wildman–Crippen LogP) is 2.98. The Kier molecular flexibility index (Phi) is 5.60. The zero-order valence-corrected chi connectivity index (χ0v) is 14.7. The fraction of sp³-hybridized carbons (Fsp3) is 0.214. The summed E-state index contributed by atoms with van der Waals surface area (Å²) in [7, 11) is -3.56. The molecule has 10 heteroatoms. The molecule has 130 valence electrons. The Bertz CT molecular complexity index is 851. The van der Waals surface area contributed by atoms with E-state index < -0.39 is 22.4 Å². The standard InChI is InChI=1S/C14H12BrF2NO5S/c1-24(20,21)12-5-4-11(22-12)13(19)18-7-8-6-9(15)2-3-10(8)23-14(16)17/h2-6,14H,7H2,1H3,(H,18,19). The van der Waals surface area contributed by atoms with Crippen LogP contribution in [-0.2, 0) is 16.4 Å². The number of furan rings is 1. The van der Waals surface area contributed by atoms with Gasteiger partial charge >= 0.3 is 6.61 Å². The van der Waals surface area contributed by atoms with Crippen LogP contribution in [0.2, 0.25) is 0 Å². The Morgan fingerprint density at radius 2 is 2.04 bits per heavy atom. The number of alkyl halides is 2. The van der Waals surface area contributed by atoms with Crippen molar-refractivity contribution >= 4 is 31.7 Å². The van der Waals surface area contributed by atoms with E-state index in [1.165, 1.54) is 24.3 Å². The van der Waals surface area contributed by atoms with Crippen molar-refractivity contribution in [1.82, 2.24) is 5.32 Å². The van der Waals surface area contributed by atoms with Gasteiger partial charge in [-0.3, -0.25) is 4.79 Å². The summed E-state index contributed by atoms with van der Waals surface area (Å²) in [5.41, 5.74) is 0.313. The van der Waals surface area contributed by atoms with Gasteiger partial charge in [-0.25, -0.2) is 8.42 Å². The summed E-state index contributed by atoms with van der Waals surface area (Å²) < 4.78 is 57.4. The largest absolute Gasteiger partial charge is 0.440 e. The third-order valence-electron chi connectivity index (χ3n) is 2.85. The van der Waals surface area contributed by atoms with Crippen LogP contribution in [0.5, 0.6) is 5.75 Å². The molecule has 0 atom stereocenters. The molecule has 0 saturated heterocycles. The highest BCUT2D eigenvalue weighted by molar-refractivity contribution is 9.10. The van der Waals surface area contributed by atoms with E-state index in [9.17, 15) is 22.0 Å². The summed E-state index contributed by atoms with van der Waals surface area (Å²) in [4.78, 5) is 12.0. The average molecular weight is 424 g/mol. The second-order valence-electron chi connectivity index (χ2n) is 4.70. The third-order valence-corrected chi connectivity index (χ3v) is 4.29. The van der Waals surface area contributed by atoms with Crippen molar-refractivity contribution < 1.29 is 31.1 Å². The topological polar surface area (TPSA) is 85.6 Å². The molecule has 0 radical (unpaired) electrons. The van der Waals surface area contributed by atoms with Crippen molar-refractivity contribution in [1.29, 1.82) is 0 Å². The van der Waals surface area contributed by atoms with Crippen molar-refractivity contribution in [3.05, 3.63) is 46.1 Å². The van der Waals surface area contributed by atoms with Crippen LogP contribution in [-0.4, -0.2) is 27.2 Å². The normalized spacial score (nSPS) is 11.5. The number of amides is 1. The fourth-order valence-corrected chi connectivity index (χ4v) is 2.77. The SMILES string of the molecule is CS(=O)(=O)c1ccc(C(=O)NCc2cc(Br)ccc2OC(F)F)o1. The van der Waals surface area contributed by atoms with Crippen LogP contribution < -0.4 is 10.1 Å². The number of halogens is 3. The molecule has 2 rings (SSSR count). The molecule has 0 saturated carbocycles. The maximum Gasteiger partial charge on any atom is 0.387 e. The van der Waals surface area contributed by atoms with Crippen LogP contribution in [0, 0.1) is 0 Å². The number of nitrogens with one attached hydrogen (secondary N) is 1. The lowest BCUT2D eigenvalue weighted by Crippen LogP contribution is -2.23. The molecule has 0 spiro atoms. The van der Waals surface area contributed by atoms with Crippen molar-refractivity contribution in [2.75, 3.05) is 6.26 Å². The van der Waals surface area contributed by atoms with Crippen molar-refractivity contribution in [3.8, 4) is 5.75 Å². The number of hydrogen-bond acceptors (Lipinski definition) is 5. The highest BCUT2D eigenvalue weighted by Gasteiger charge is 2.17. The zero-order chi connectivity index (χ0) is 17.9. The van der Waals surface area contributed by atoms with Crippen molar-refractivity contribution in [2.45, 2.75) is 18.2 Å². The number of benzene rings is 1. The predicted molar refractivity (Wildman–Crippen MR) is 83.8 cm³/mol. The van der Waals surface area contributed by atoms with Crippen LogP contribution >= 0.6 is 15.9 Å². The van der Waals surface area contributed by atoms with Crippen LogP contribution in [0.15, 0.2) is 44.3 Å². The van der Waals surface area contributed by atoms with E-state index in [0.29, 0.717) is 10.0 Å². The maximum absolute atomic E-state index is 12.4. The van der Waals surface area contributed by atoms with Crippen molar-refractivity contribution in [3.63, 3.8) is 0 Å². The number of sulfone groups is 1. The van der Waals surface area contributed by atoms with Gasteiger partial charge in [0.2, 0.25) is 14.9 Å². The molecule has 1 aromatic carbocycles. The van der Waals surface area contributed by atoms with E-state index >= 15 is 0 Å². The fourth-order valence-electron chi connectivity index (χ4n) is 1.80. The van der Waals surface area contributed by atoms with Gasteiger partial charge in [0.15, 0.2) is 5.76 Å². The summed E-state index contributed by atoms with van der Waals surface area (Å²) >= 11 is 3.20. The second kappa shape index (κ2) is 7.31. The summed E-state index contributed by atoms with van der Waals surface area (Å²) in [5, 5.41) is 2.11. The minimum Gasteiger partial charge on any atom is -0.440 e. The number of ether oxygens (including phenoxy) is 1. The van der Waals surface area contributed by atoms with E-state index in [2.05, 4.69) is 26.0 Å². The summed E-state index contributed by atoms with van der Waals surface area (Å²) in [5.74, 6) is -0.973. The van der Waals surface area contributed by atoms with E-state index in [4.69, 9.17) is 4.42 Å². The molecule has 0 aliphatic rings. The Hall–Kier alpha value is -1.94. The molecular formula is C14H12BrF2NO5S. The number of hydrogen-bond donors (Lipinski definition) is 1. The van der Waals surface area contributed by atoms with E-state index in [-0.39, 0.29) is 23.1 Å². The molecule has 24 heavy (non-hydrogen) atoms. The van der Waals surface area contributed by atoms with E-state index in [1.807, 2.05) is 0 Å². The van der Waals surface area contributed by atoms with Crippen molar-refractivity contribution in [2.24, 2.45) is 0 Å². The molecule has 0 bridgehead atoms. The van der Waals surface area contributed by atoms with E-state index in [0.717, 1.165) is 12.3 Å². The molecule has 0 unspecified atom stereocenters. The van der Waals surface area contributed by atoms with Gasteiger partial charge in [0, 0.05) is 22.8 Å². The minimum atomic E-state index is -3.56. The number of carbonyl (C=O) groups is 1. The summed E-state index contributed by atoms with van der Waals surface area (Å²) in [6.45, 7) is -3.11. The monoisotopic (exact) mass is 423 g/mol. The van der Waals surface area contributed by atoms with Gasteiger partial charge in [0.05, 0.1) is 0 Å². The average Bonchev–Trinajstić information content (AvgIpc) is 2.96. The minimum absolute atomic E-state index is 0.0789. The van der Waals surface area contributed by atoms with Gasteiger partial charge in [-0.05, 0) is 30.3 Å². The zero-order valence-electron chi connectivity index (χ0n) is 12.3. The molecule has 1 heterocycles. The van der Waals surface area contributed by atoms with Crippen LogP contribution in [0.4, 0.5) is 8.78 Å². The van der Waals surface area contributed by atoms with Gasteiger partial charge in [0.25, 0.3) is 5.91 Å². The highest BCUT2D eigenvalue weighted by Crippen LogP contribution is 2.25. The lowest BCUT2D eigenvalue weighted by molar-refractivity contribution is -0.0504. The smallest absolute Gasteiger partial charge is 0.387 e. The van der Waals surface area contributed by atoms with Gasteiger partial charge < -0.3 is 14.5 Å². The molecule has 1 N–H and O–H groups in total. The molecule has 1 amide bonds. The molecule has 2 aromatic rings. The first-order valence-electron chi connectivity index (χ1n) is 6.48. The quantitative estimate of drug-likeness (QED) is 0.771. The summed E-state index contributed by atoms with van der Waals surface area (Å²) in [6, 6.07) is 6.75. The van der Waals surface area contributed by atoms with E-state index in [1.54, 1.807) is 0 Å². The number of carbonyl (C=O) groups excluding carboxylic acids is 1. The molecular weight excluding hydrogens is 412 g/mol. The second-order valence-corrected chi connectivity index (χ2v) is 7.57. The van der Waals surface area contributed by atoms with Gasteiger partial charge in [0.1, 0.15) is 5.75 Å². The molecule has 6 nitrogen and oxygen atoms in total. The van der Waals surface area contributed by atoms with Gasteiger partial charge in [-0.15, -0.1) is 0 Å².